The van der Waals surface area contributed by atoms with Gasteiger partial charge in [0.25, 0.3) is 0 Å². The summed E-state index contributed by atoms with van der Waals surface area (Å²) in [5, 5.41) is 0. The zero-order valence-electron chi connectivity index (χ0n) is 5.75. The Morgan fingerprint density at radius 1 is 1.30 bits per heavy atom. The van der Waals surface area contributed by atoms with Gasteiger partial charge in [-0.2, -0.15) is 0 Å². The van der Waals surface area contributed by atoms with Crippen LogP contribution in [-0.4, -0.2) is 23.0 Å². The van der Waals surface area contributed by atoms with E-state index in [1.54, 1.807) is 11.1 Å². The van der Waals surface area contributed by atoms with E-state index >= 15 is 0 Å². The molecule has 1 aliphatic rings. The molecule has 50 valence electrons. The van der Waals surface area contributed by atoms with Crippen molar-refractivity contribution in [2.24, 2.45) is 0 Å². The van der Waals surface area contributed by atoms with Gasteiger partial charge in [0.2, 0.25) is 0 Å². The molecule has 0 heterocycles. The van der Waals surface area contributed by atoms with Gasteiger partial charge in [-0.1, -0.05) is 0 Å². The summed E-state index contributed by atoms with van der Waals surface area (Å²) in [6, 6.07) is 8.82. The molecular formula is C9H9Sb. The molecule has 1 unspecified atom stereocenters. The molecule has 1 atom stereocenters. The minimum absolute atomic E-state index is 0.852. The molecule has 0 aromatic heterocycles. The molecule has 10 heavy (non-hydrogen) atoms. The van der Waals surface area contributed by atoms with Gasteiger partial charge in [0, 0.05) is 0 Å². The topological polar surface area (TPSA) is 0 Å². The molecule has 0 spiro atoms. The van der Waals surface area contributed by atoms with Gasteiger partial charge in [0.15, 0.2) is 0 Å². The summed E-state index contributed by atoms with van der Waals surface area (Å²) < 4.78 is 0.852. The van der Waals surface area contributed by atoms with Crippen molar-refractivity contribution >= 4 is 23.0 Å². The first kappa shape index (κ1) is 6.73. The van der Waals surface area contributed by atoms with Crippen molar-refractivity contribution in [1.82, 2.24) is 0 Å². The molecular weight excluding hydrogens is 230 g/mol. The SMILES string of the molecule is [Sb][CH]1CCc2ccccc21. The van der Waals surface area contributed by atoms with Crippen LogP contribution in [-0.2, 0) is 6.42 Å². The summed E-state index contributed by atoms with van der Waals surface area (Å²) in [5.74, 6) is 0. The van der Waals surface area contributed by atoms with E-state index in [1.807, 2.05) is 23.0 Å². The van der Waals surface area contributed by atoms with E-state index in [1.165, 1.54) is 12.8 Å². The molecule has 1 heteroatoms. The normalized spacial score (nSPS) is 22.7. The Hall–Kier alpha value is 0.0382. The quantitative estimate of drug-likeness (QED) is 0.606. The van der Waals surface area contributed by atoms with Crippen LogP contribution in [0.1, 0.15) is 21.4 Å². The van der Waals surface area contributed by atoms with E-state index in [-0.39, 0.29) is 0 Å². The van der Waals surface area contributed by atoms with Crippen LogP contribution in [0.4, 0.5) is 0 Å². The molecule has 1 aromatic rings. The van der Waals surface area contributed by atoms with Gasteiger partial charge in [-0.25, -0.2) is 0 Å². The minimum atomic E-state index is 0.852. The van der Waals surface area contributed by atoms with Crippen molar-refractivity contribution in [2.75, 3.05) is 0 Å². The summed E-state index contributed by atoms with van der Waals surface area (Å²) in [6.07, 6.45) is 2.67. The van der Waals surface area contributed by atoms with Gasteiger partial charge in [0.05, 0.1) is 0 Å². The molecule has 2 radical (unpaired) electrons. The number of hydrogen-bond acceptors (Lipinski definition) is 0. The average molecular weight is 239 g/mol. The zero-order valence-corrected chi connectivity index (χ0v) is 8.30. The van der Waals surface area contributed by atoms with Crippen molar-refractivity contribution < 1.29 is 0 Å². The summed E-state index contributed by atoms with van der Waals surface area (Å²) in [4.78, 5) is 0. The van der Waals surface area contributed by atoms with Crippen LogP contribution >= 0.6 is 0 Å². The van der Waals surface area contributed by atoms with Crippen LogP contribution in [0.25, 0.3) is 0 Å². The number of fused-ring (bicyclic) bond motifs is 1. The average Bonchev–Trinajstić information content (AvgIpc) is 2.34. The Kier molecular flexibility index (Phi) is 1.74. The predicted octanol–water partition coefficient (Wildman–Crippen LogP) is 1.84. The van der Waals surface area contributed by atoms with Gasteiger partial charge in [-0.15, -0.1) is 0 Å². The van der Waals surface area contributed by atoms with Gasteiger partial charge in [-0.05, 0) is 0 Å². The molecule has 0 nitrogen and oxygen atoms in total. The van der Waals surface area contributed by atoms with Crippen molar-refractivity contribution in [3.63, 3.8) is 0 Å². The Morgan fingerprint density at radius 2 is 2.10 bits per heavy atom. The summed E-state index contributed by atoms with van der Waals surface area (Å²) in [7, 11) is 0. The monoisotopic (exact) mass is 238 g/mol. The summed E-state index contributed by atoms with van der Waals surface area (Å²) in [5.41, 5.74) is 3.17. The van der Waals surface area contributed by atoms with E-state index in [9.17, 15) is 0 Å². The Morgan fingerprint density at radius 3 is 2.90 bits per heavy atom. The Labute approximate surface area is 75.1 Å². The van der Waals surface area contributed by atoms with Crippen molar-refractivity contribution in [2.45, 2.75) is 16.7 Å². The fourth-order valence-corrected chi connectivity index (χ4v) is 2.62. The predicted molar refractivity (Wildman–Crippen MR) is 43.3 cm³/mol. The molecule has 1 aliphatic carbocycles. The van der Waals surface area contributed by atoms with Crippen LogP contribution in [0.5, 0.6) is 0 Å². The maximum atomic E-state index is 2.27. The van der Waals surface area contributed by atoms with Crippen LogP contribution in [0.15, 0.2) is 24.3 Å². The van der Waals surface area contributed by atoms with Crippen LogP contribution in [0, 0.1) is 0 Å². The molecule has 0 saturated heterocycles. The van der Waals surface area contributed by atoms with Crippen LogP contribution in [0.3, 0.4) is 0 Å². The first-order valence-corrected chi connectivity index (χ1v) is 5.11. The third-order valence-corrected chi connectivity index (χ3v) is 3.63. The third-order valence-electron chi connectivity index (χ3n) is 2.10. The van der Waals surface area contributed by atoms with Crippen LogP contribution < -0.4 is 0 Å². The van der Waals surface area contributed by atoms with Gasteiger partial charge < -0.3 is 0 Å². The number of hydrogen-bond donors (Lipinski definition) is 0. The van der Waals surface area contributed by atoms with E-state index in [4.69, 9.17) is 0 Å². The van der Waals surface area contributed by atoms with Gasteiger partial charge in [-0.3, -0.25) is 0 Å². The Bertz CT molecular complexity index is 242. The standard InChI is InChI=1S/C9H9.Sb/c1-2-5-9-7-3-6-8(9)4-1;/h1-2,4-6H,3,7H2;. The first-order chi connectivity index (χ1) is 4.88. The second-order valence-electron chi connectivity index (χ2n) is 2.75. The summed E-state index contributed by atoms with van der Waals surface area (Å²) in [6.45, 7) is 0. The van der Waals surface area contributed by atoms with Crippen LogP contribution in [0.2, 0.25) is 0 Å². The third kappa shape index (κ3) is 0.992. The second kappa shape index (κ2) is 2.58. The van der Waals surface area contributed by atoms with E-state index < -0.39 is 0 Å². The van der Waals surface area contributed by atoms with E-state index in [0.717, 1.165) is 3.86 Å². The van der Waals surface area contributed by atoms with E-state index in [2.05, 4.69) is 24.3 Å². The maximum absolute atomic E-state index is 2.27. The molecule has 0 aliphatic heterocycles. The van der Waals surface area contributed by atoms with Gasteiger partial charge in [0.1, 0.15) is 0 Å². The molecule has 1 aromatic carbocycles. The molecule has 0 N–H and O–H groups in total. The van der Waals surface area contributed by atoms with Crippen molar-refractivity contribution in [1.29, 1.82) is 0 Å². The fraction of sp³-hybridized carbons (Fsp3) is 0.333. The molecule has 0 amide bonds. The summed E-state index contributed by atoms with van der Waals surface area (Å²) >= 11 is 1.96. The number of aryl methyl sites for hydroxylation is 1. The Balaban J connectivity index is 2.51. The van der Waals surface area contributed by atoms with Gasteiger partial charge >= 0.3 is 75.1 Å². The molecule has 0 bridgehead atoms. The zero-order chi connectivity index (χ0) is 6.97. The number of benzene rings is 1. The van der Waals surface area contributed by atoms with E-state index in [0.29, 0.717) is 0 Å². The molecule has 0 fully saturated rings. The second-order valence-corrected chi connectivity index (χ2v) is 4.53. The molecule has 2 rings (SSSR count). The van der Waals surface area contributed by atoms with Crippen molar-refractivity contribution in [3.8, 4) is 0 Å². The number of rotatable bonds is 0. The molecule has 0 saturated carbocycles. The first-order valence-electron chi connectivity index (χ1n) is 3.64. The fourth-order valence-electron chi connectivity index (χ4n) is 1.53. The van der Waals surface area contributed by atoms with Crippen molar-refractivity contribution in [3.05, 3.63) is 35.4 Å².